The van der Waals surface area contributed by atoms with Crippen molar-refractivity contribution in [3.8, 4) is 23.1 Å². The van der Waals surface area contributed by atoms with Crippen LogP contribution in [0, 0.1) is 23.2 Å². The third-order valence-corrected chi connectivity index (χ3v) is 7.46. The van der Waals surface area contributed by atoms with Crippen LogP contribution in [0.15, 0.2) is 42.9 Å². The molecule has 1 aromatic carbocycles. The molecule has 1 saturated heterocycles. The van der Waals surface area contributed by atoms with Gasteiger partial charge in [-0.3, -0.25) is 10.1 Å². The minimum absolute atomic E-state index is 0.212. The van der Waals surface area contributed by atoms with E-state index in [9.17, 15) is 10.4 Å². The normalized spacial score (nSPS) is 21.6. The first kappa shape index (κ1) is 22.1. The lowest BCUT2D eigenvalue weighted by Crippen LogP contribution is -2.26. The Morgan fingerprint density at radius 3 is 2.63 bits per heavy atom. The lowest BCUT2D eigenvalue weighted by molar-refractivity contribution is 0.227. The molecule has 2 aliphatic rings. The Hall–Kier alpha value is -3.38. The Kier molecular flexibility index (Phi) is 5.29. The number of aliphatic hydroxyl groups excluding tert-OH is 1. The van der Waals surface area contributed by atoms with Gasteiger partial charge < -0.3 is 14.7 Å². The Morgan fingerprint density at radius 1 is 1.17 bits per heavy atom. The number of fused-ring (bicyclic) bond motifs is 2. The maximum absolute atomic E-state index is 9.83. The zero-order valence-corrected chi connectivity index (χ0v) is 20.1. The average Bonchev–Trinajstić information content (AvgIpc) is 3.22. The van der Waals surface area contributed by atoms with Gasteiger partial charge in [0.25, 0.3) is 0 Å². The number of benzene rings is 1. The van der Waals surface area contributed by atoms with E-state index in [4.69, 9.17) is 27.9 Å². The van der Waals surface area contributed by atoms with E-state index < -0.39 is 6.10 Å². The minimum atomic E-state index is -0.401. The number of rotatable bonds is 5. The van der Waals surface area contributed by atoms with E-state index >= 15 is 0 Å². The van der Waals surface area contributed by atoms with Crippen LogP contribution in [0.2, 0.25) is 10.0 Å². The first-order chi connectivity index (χ1) is 16.9. The van der Waals surface area contributed by atoms with Crippen LogP contribution in [0.1, 0.15) is 24.2 Å². The molecule has 4 heterocycles. The van der Waals surface area contributed by atoms with Crippen molar-refractivity contribution >= 4 is 39.9 Å². The van der Waals surface area contributed by atoms with Crippen LogP contribution in [-0.4, -0.2) is 44.5 Å². The molecule has 0 radical (unpaired) electrons. The molecular weight excluding hydrogens is 487 g/mol. The fraction of sp³-hybridized carbons (Fsp3) is 0.280. The number of pyridine rings is 2. The Balaban J connectivity index is 1.30. The molecule has 4 aromatic rings. The molecule has 176 valence electrons. The number of nitrogens with zero attached hydrogens (tertiary/aromatic N) is 5. The summed E-state index contributed by atoms with van der Waals surface area (Å²) in [4.78, 5) is 10.7. The second-order valence-corrected chi connectivity index (χ2v) is 9.80. The van der Waals surface area contributed by atoms with Gasteiger partial charge in [0.05, 0.1) is 27.2 Å². The number of hydrogen-bond acceptors (Lipinski definition) is 7. The number of ether oxygens (including phenoxy) is 1. The van der Waals surface area contributed by atoms with Crippen molar-refractivity contribution in [2.75, 3.05) is 18.0 Å². The van der Waals surface area contributed by atoms with Gasteiger partial charge in [-0.2, -0.15) is 10.4 Å². The molecule has 2 fully saturated rings. The first-order valence-corrected chi connectivity index (χ1v) is 12.0. The monoisotopic (exact) mass is 506 g/mol. The van der Waals surface area contributed by atoms with Crippen molar-refractivity contribution in [2.45, 2.75) is 19.1 Å². The summed E-state index contributed by atoms with van der Waals surface area (Å²) in [7, 11) is 0. The van der Waals surface area contributed by atoms with E-state index in [1.165, 1.54) is 12.4 Å². The highest BCUT2D eigenvalue weighted by Gasteiger charge is 2.55. The van der Waals surface area contributed by atoms with Crippen LogP contribution in [0.3, 0.4) is 0 Å². The molecule has 1 aliphatic heterocycles. The maximum Gasteiger partial charge on any atom is 0.146 e. The summed E-state index contributed by atoms with van der Waals surface area (Å²) in [5.41, 5.74) is 3.38. The third kappa shape index (κ3) is 3.76. The van der Waals surface area contributed by atoms with E-state index in [1.807, 2.05) is 31.2 Å². The topological polar surface area (TPSA) is 111 Å². The number of aliphatic hydroxyl groups is 1. The summed E-state index contributed by atoms with van der Waals surface area (Å²) in [5.74, 6) is 1.85. The number of nitrogens with one attached hydrogen (secondary N) is 1. The molecule has 35 heavy (non-hydrogen) atoms. The van der Waals surface area contributed by atoms with Gasteiger partial charge in [0.15, 0.2) is 0 Å². The molecule has 0 amide bonds. The number of H-pyrrole nitrogens is 1. The molecule has 2 unspecified atom stereocenters. The number of halogens is 2. The van der Waals surface area contributed by atoms with Crippen LogP contribution in [0.25, 0.3) is 22.2 Å². The van der Waals surface area contributed by atoms with Crippen LogP contribution in [0.5, 0.6) is 5.75 Å². The molecule has 2 N–H and O–H groups in total. The summed E-state index contributed by atoms with van der Waals surface area (Å²) in [6, 6.07) is 9.71. The minimum Gasteiger partial charge on any atom is -0.486 e. The Morgan fingerprint density at radius 2 is 1.91 bits per heavy atom. The van der Waals surface area contributed by atoms with Crippen LogP contribution in [-0.2, 0) is 0 Å². The molecule has 6 rings (SSSR count). The molecule has 1 saturated carbocycles. The summed E-state index contributed by atoms with van der Waals surface area (Å²) in [6.45, 7) is 3.32. The van der Waals surface area contributed by atoms with Crippen molar-refractivity contribution in [2.24, 2.45) is 11.8 Å². The predicted molar refractivity (Wildman–Crippen MR) is 133 cm³/mol. The van der Waals surface area contributed by atoms with Gasteiger partial charge in [0.2, 0.25) is 0 Å². The number of hydrogen-bond donors (Lipinski definition) is 2. The van der Waals surface area contributed by atoms with E-state index in [1.54, 1.807) is 6.20 Å². The second kappa shape index (κ2) is 8.38. The number of aromatic nitrogens is 4. The number of anilines is 1. The van der Waals surface area contributed by atoms with Gasteiger partial charge in [0, 0.05) is 60.0 Å². The number of aromatic amines is 1. The molecule has 0 bridgehead atoms. The largest absolute Gasteiger partial charge is 0.486 e. The van der Waals surface area contributed by atoms with E-state index in [-0.39, 0.29) is 17.9 Å². The molecule has 1 aliphatic carbocycles. The summed E-state index contributed by atoms with van der Waals surface area (Å²) >= 11 is 12.6. The number of piperidine rings is 1. The van der Waals surface area contributed by atoms with Gasteiger partial charge in [0.1, 0.15) is 29.4 Å². The quantitative estimate of drug-likeness (QED) is 0.401. The molecule has 3 aromatic heterocycles. The van der Waals surface area contributed by atoms with E-state index in [0.29, 0.717) is 38.4 Å². The van der Waals surface area contributed by atoms with Crippen molar-refractivity contribution in [3.05, 3.63) is 64.0 Å². The molecule has 3 atom stereocenters. The Bertz CT molecular complexity index is 1470. The zero-order chi connectivity index (χ0) is 24.3. The second-order valence-electron chi connectivity index (χ2n) is 8.99. The SMILES string of the molecule is C[C@@H](Oc1ccc2[nH]nc(-c3cnc(N4CC5C(O)C5C4)c(C#N)c3)c2c1)c1c(Cl)cncc1Cl. The van der Waals surface area contributed by atoms with Gasteiger partial charge >= 0.3 is 0 Å². The highest BCUT2D eigenvalue weighted by atomic mass is 35.5. The van der Waals surface area contributed by atoms with Crippen molar-refractivity contribution in [1.82, 2.24) is 20.2 Å². The number of nitriles is 1. The lowest BCUT2D eigenvalue weighted by Gasteiger charge is -2.21. The standard InChI is InChI=1S/C25H20Cl2N6O2/c1-12(22-19(26)8-29-9-20(22)27)35-15-2-3-21-16(5-15)23(32-31-21)14-4-13(6-28)25(30-7-14)33-10-17-18(11-33)24(17)34/h2-5,7-9,12,17-18,24,34H,10-11H2,1H3,(H,31,32)/t12-,17?,18?,24?/m1/s1. The zero-order valence-electron chi connectivity index (χ0n) is 18.6. The van der Waals surface area contributed by atoms with Crippen LogP contribution in [0.4, 0.5) is 5.82 Å². The first-order valence-electron chi connectivity index (χ1n) is 11.2. The third-order valence-electron chi connectivity index (χ3n) is 6.85. The maximum atomic E-state index is 9.83. The van der Waals surface area contributed by atoms with Gasteiger partial charge in [-0.05, 0) is 31.2 Å². The van der Waals surface area contributed by atoms with Crippen molar-refractivity contribution < 1.29 is 9.84 Å². The summed E-state index contributed by atoms with van der Waals surface area (Å²) < 4.78 is 6.15. The smallest absolute Gasteiger partial charge is 0.146 e. The summed E-state index contributed by atoms with van der Waals surface area (Å²) in [5, 5.41) is 28.9. The Labute approximate surface area is 211 Å². The fourth-order valence-electron chi connectivity index (χ4n) is 4.95. The predicted octanol–water partition coefficient (Wildman–Crippen LogP) is 4.77. The highest BCUT2D eigenvalue weighted by Crippen LogP contribution is 2.47. The molecular formula is C25H20Cl2N6O2. The van der Waals surface area contributed by atoms with Gasteiger partial charge in [-0.25, -0.2) is 4.98 Å². The van der Waals surface area contributed by atoms with E-state index in [0.717, 1.165) is 29.6 Å². The lowest BCUT2D eigenvalue weighted by atomic mass is 10.1. The summed E-state index contributed by atoms with van der Waals surface area (Å²) in [6.07, 6.45) is 4.20. The highest BCUT2D eigenvalue weighted by molar-refractivity contribution is 6.35. The van der Waals surface area contributed by atoms with E-state index in [2.05, 4.69) is 31.1 Å². The van der Waals surface area contributed by atoms with Crippen LogP contribution < -0.4 is 9.64 Å². The fourth-order valence-corrected chi connectivity index (χ4v) is 5.62. The molecule has 10 heteroatoms. The molecule has 8 nitrogen and oxygen atoms in total. The van der Waals surface area contributed by atoms with Gasteiger partial charge in [-0.1, -0.05) is 23.2 Å². The van der Waals surface area contributed by atoms with Crippen molar-refractivity contribution in [3.63, 3.8) is 0 Å². The van der Waals surface area contributed by atoms with Crippen LogP contribution >= 0.6 is 23.2 Å². The average molecular weight is 507 g/mol. The molecule has 0 spiro atoms. The van der Waals surface area contributed by atoms with Gasteiger partial charge in [-0.15, -0.1) is 0 Å². The van der Waals surface area contributed by atoms with Crippen molar-refractivity contribution in [1.29, 1.82) is 5.26 Å².